The molecule has 0 aromatic heterocycles. The number of carbonyl (C=O) groups excluding carboxylic acids is 1. The first-order chi connectivity index (χ1) is 9.08. The van der Waals surface area contributed by atoms with E-state index in [-0.39, 0.29) is 17.8 Å². The number of benzene rings is 1. The summed E-state index contributed by atoms with van der Waals surface area (Å²) in [7, 11) is 0. The van der Waals surface area contributed by atoms with Gasteiger partial charge in [-0.3, -0.25) is 4.79 Å². The van der Waals surface area contributed by atoms with Gasteiger partial charge in [0.15, 0.2) is 6.10 Å². The maximum Gasteiger partial charge on any atom is 0.263 e. The highest BCUT2D eigenvalue weighted by atomic mass is 19.1. The van der Waals surface area contributed by atoms with Crippen LogP contribution in [0.5, 0.6) is 5.75 Å². The standard InChI is InChI=1S/C14H19FN2O2/c1-10-9-16-7-8-17(10)14(18)11(2)19-13-5-3-12(15)4-6-13/h3-6,10-11,16H,7-9H2,1-2H3/t10-,11?/m0/s1. The summed E-state index contributed by atoms with van der Waals surface area (Å²) in [4.78, 5) is 14.1. The second kappa shape index (κ2) is 6.02. The molecule has 5 heteroatoms. The molecule has 1 aromatic rings. The first-order valence-corrected chi connectivity index (χ1v) is 6.51. The summed E-state index contributed by atoms with van der Waals surface area (Å²) in [6.07, 6.45) is -0.564. The van der Waals surface area contributed by atoms with Crippen molar-refractivity contribution in [2.24, 2.45) is 0 Å². The van der Waals surface area contributed by atoms with Crippen molar-refractivity contribution in [3.8, 4) is 5.75 Å². The monoisotopic (exact) mass is 266 g/mol. The van der Waals surface area contributed by atoms with Crippen LogP contribution >= 0.6 is 0 Å². The van der Waals surface area contributed by atoms with Gasteiger partial charge in [-0.1, -0.05) is 0 Å². The van der Waals surface area contributed by atoms with Crippen molar-refractivity contribution in [3.63, 3.8) is 0 Å². The topological polar surface area (TPSA) is 41.6 Å². The lowest BCUT2D eigenvalue weighted by Crippen LogP contribution is -2.55. The molecule has 0 saturated carbocycles. The van der Waals surface area contributed by atoms with Crippen molar-refractivity contribution in [2.45, 2.75) is 26.0 Å². The number of halogens is 1. The van der Waals surface area contributed by atoms with Crippen molar-refractivity contribution in [1.29, 1.82) is 0 Å². The summed E-state index contributed by atoms with van der Waals surface area (Å²) in [5.41, 5.74) is 0. The zero-order chi connectivity index (χ0) is 13.8. The molecular formula is C14H19FN2O2. The van der Waals surface area contributed by atoms with Gasteiger partial charge in [0, 0.05) is 25.7 Å². The van der Waals surface area contributed by atoms with Crippen LogP contribution in [-0.4, -0.2) is 42.6 Å². The van der Waals surface area contributed by atoms with Crippen molar-refractivity contribution in [2.75, 3.05) is 19.6 Å². The molecular weight excluding hydrogens is 247 g/mol. The Kier molecular flexibility index (Phi) is 4.37. The summed E-state index contributed by atoms with van der Waals surface area (Å²) in [6, 6.07) is 5.86. The zero-order valence-corrected chi connectivity index (χ0v) is 11.2. The lowest BCUT2D eigenvalue weighted by atomic mass is 10.2. The number of amides is 1. The van der Waals surface area contributed by atoms with Crippen molar-refractivity contribution < 1.29 is 13.9 Å². The fourth-order valence-corrected chi connectivity index (χ4v) is 2.17. The Morgan fingerprint density at radius 1 is 1.47 bits per heavy atom. The van der Waals surface area contributed by atoms with Crippen LogP contribution in [0.4, 0.5) is 4.39 Å². The average molecular weight is 266 g/mol. The molecule has 0 spiro atoms. The Morgan fingerprint density at radius 2 is 2.16 bits per heavy atom. The van der Waals surface area contributed by atoms with Crippen LogP contribution in [-0.2, 0) is 4.79 Å². The molecule has 0 aliphatic carbocycles. The number of rotatable bonds is 3. The minimum atomic E-state index is -0.564. The van der Waals surface area contributed by atoms with Gasteiger partial charge in [-0.25, -0.2) is 4.39 Å². The van der Waals surface area contributed by atoms with Gasteiger partial charge in [-0.2, -0.15) is 0 Å². The molecule has 1 saturated heterocycles. The molecule has 1 N–H and O–H groups in total. The molecule has 104 valence electrons. The van der Waals surface area contributed by atoms with Gasteiger partial charge in [0.25, 0.3) is 5.91 Å². The molecule has 1 fully saturated rings. The second-order valence-electron chi connectivity index (χ2n) is 4.80. The zero-order valence-electron chi connectivity index (χ0n) is 11.2. The highest BCUT2D eigenvalue weighted by molar-refractivity contribution is 5.81. The van der Waals surface area contributed by atoms with E-state index in [1.54, 1.807) is 6.92 Å². The Hall–Kier alpha value is -1.62. The number of hydrogen-bond acceptors (Lipinski definition) is 3. The highest BCUT2D eigenvalue weighted by Crippen LogP contribution is 2.15. The summed E-state index contributed by atoms with van der Waals surface area (Å²) in [6.45, 7) is 6.03. The molecule has 2 rings (SSSR count). The predicted molar refractivity (Wildman–Crippen MR) is 70.5 cm³/mol. The second-order valence-corrected chi connectivity index (χ2v) is 4.80. The van der Waals surface area contributed by atoms with Gasteiger partial charge < -0.3 is 15.0 Å². The van der Waals surface area contributed by atoms with E-state index >= 15 is 0 Å². The lowest BCUT2D eigenvalue weighted by Gasteiger charge is -2.35. The van der Waals surface area contributed by atoms with Crippen LogP contribution in [0.3, 0.4) is 0 Å². The van der Waals surface area contributed by atoms with Gasteiger partial charge in [0.05, 0.1) is 0 Å². The van der Waals surface area contributed by atoms with Crippen LogP contribution in [0.15, 0.2) is 24.3 Å². The van der Waals surface area contributed by atoms with Gasteiger partial charge in [-0.05, 0) is 38.1 Å². The van der Waals surface area contributed by atoms with E-state index in [1.165, 1.54) is 24.3 Å². The molecule has 1 heterocycles. The predicted octanol–water partition coefficient (Wildman–Crippen LogP) is 1.41. The molecule has 19 heavy (non-hydrogen) atoms. The number of nitrogens with zero attached hydrogens (tertiary/aromatic N) is 1. The number of carbonyl (C=O) groups is 1. The van der Waals surface area contributed by atoms with Crippen LogP contribution in [0, 0.1) is 5.82 Å². The number of hydrogen-bond donors (Lipinski definition) is 1. The van der Waals surface area contributed by atoms with Crippen LogP contribution in [0.1, 0.15) is 13.8 Å². The number of piperazine rings is 1. The van der Waals surface area contributed by atoms with Crippen LogP contribution in [0.2, 0.25) is 0 Å². The minimum absolute atomic E-state index is 0.0293. The van der Waals surface area contributed by atoms with Gasteiger partial charge >= 0.3 is 0 Å². The molecule has 2 atom stereocenters. The summed E-state index contributed by atoms with van der Waals surface area (Å²) < 4.78 is 18.3. The van der Waals surface area contributed by atoms with Gasteiger partial charge in [0.1, 0.15) is 11.6 Å². The number of ether oxygens (including phenoxy) is 1. The SMILES string of the molecule is CC(Oc1ccc(F)cc1)C(=O)N1CCNC[C@@H]1C. The maximum absolute atomic E-state index is 12.8. The fourth-order valence-electron chi connectivity index (χ4n) is 2.17. The first kappa shape index (κ1) is 13.8. The van der Waals surface area contributed by atoms with Crippen LogP contribution < -0.4 is 10.1 Å². The largest absolute Gasteiger partial charge is 0.481 e. The minimum Gasteiger partial charge on any atom is -0.481 e. The Morgan fingerprint density at radius 3 is 2.79 bits per heavy atom. The van der Waals surface area contributed by atoms with Gasteiger partial charge in [0.2, 0.25) is 0 Å². The number of nitrogens with one attached hydrogen (secondary N) is 1. The van der Waals surface area contributed by atoms with Crippen LogP contribution in [0.25, 0.3) is 0 Å². The summed E-state index contributed by atoms with van der Waals surface area (Å²) >= 11 is 0. The van der Waals surface area contributed by atoms with E-state index in [0.717, 1.165) is 13.1 Å². The van der Waals surface area contributed by atoms with E-state index in [2.05, 4.69) is 5.32 Å². The lowest BCUT2D eigenvalue weighted by molar-refractivity contribution is -0.140. The third-order valence-electron chi connectivity index (χ3n) is 3.26. The third-order valence-corrected chi connectivity index (χ3v) is 3.26. The van der Waals surface area contributed by atoms with Crippen molar-refractivity contribution in [1.82, 2.24) is 10.2 Å². The summed E-state index contributed by atoms with van der Waals surface area (Å²) in [5.74, 6) is 0.158. The molecule has 0 radical (unpaired) electrons. The smallest absolute Gasteiger partial charge is 0.263 e. The maximum atomic E-state index is 12.8. The van der Waals surface area contributed by atoms with Crippen molar-refractivity contribution in [3.05, 3.63) is 30.1 Å². The van der Waals surface area contributed by atoms with Crippen molar-refractivity contribution >= 4 is 5.91 Å². The van der Waals surface area contributed by atoms with E-state index in [4.69, 9.17) is 4.74 Å². The third kappa shape index (κ3) is 3.44. The average Bonchev–Trinajstić information content (AvgIpc) is 2.41. The highest BCUT2D eigenvalue weighted by Gasteiger charge is 2.27. The van der Waals surface area contributed by atoms with Gasteiger partial charge in [-0.15, -0.1) is 0 Å². The Labute approximate surface area is 112 Å². The quantitative estimate of drug-likeness (QED) is 0.899. The van der Waals surface area contributed by atoms with E-state index in [9.17, 15) is 9.18 Å². The molecule has 1 amide bonds. The molecule has 1 aliphatic rings. The van der Waals surface area contributed by atoms with E-state index in [0.29, 0.717) is 12.3 Å². The fraction of sp³-hybridized carbons (Fsp3) is 0.500. The molecule has 1 aliphatic heterocycles. The molecule has 4 nitrogen and oxygen atoms in total. The molecule has 0 bridgehead atoms. The summed E-state index contributed by atoms with van der Waals surface area (Å²) in [5, 5.41) is 3.24. The van der Waals surface area contributed by atoms with E-state index in [1.807, 2.05) is 11.8 Å². The Bertz CT molecular complexity index is 436. The molecule has 1 aromatic carbocycles. The molecule has 1 unspecified atom stereocenters. The Balaban J connectivity index is 1.96. The first-order valence-electron chi connectivity index (χ1n) is 6.51. The normalized spacial score (nSPS) is 21.0. The van der Waals surface area contributed by atoms with E-state index < -0.39 is 6.10 Å².